The Bertz CT molecular complexity index is 446. The summed E-state index contributed by atoms with van der Waals surface area (Å²) in [7, 11) is 1.68. The van der Waals surface area contributed by atoms with E-state index in [-0.39, 0.29) is 5.91 Å². The Kier molecular flexibility index (Phi) is 4.25. The number of hydrogen-bond acceptors (Lipinski definition) is 2. The minimum absolute atomic E-state index is 0.120. The second kappa shape index (κ2) is 5.74. The topological polar surface area (TPSA) is 38.3 Å². The van der Waals surface area contributed by atoms with Gasteiger partial charge in [-0.15, -0.1) is 0 Å². The molecule has 0 aliphatic heterocycles. The summed E-state index contributed by atoms with van der Waals surface area (Å²) >= 11 is 0. The van der Waals surface area contributed by atoms with Crippen molar-refractivity contribution in [2.24, 2.45) is 5.41 Å². The van der Waals surface area contributed by atoms with Crippen molar-refractivity contribution in [1.29, 1.82) is 0 Å². The van der Waals surface area contributed by atoms with Crippen molar-refractivity contribution in [3.05, 3.63) is 35.4 Å². The van der Waals surface area contributed by atoms with Crippen LogP contribution in [0.25, 0.3) is 0 Å². The first-order chi connectivity index (χ1) is 8.98. The summed E-state index contributed by atoms with van der Waals surface area (Å²) in [5.74, 6) is 0.120. The molecule has 0 heterocycles. The van der Waals surface area contributed by atoms with Crippen molar-refractivity contribution in [3.63, 3.8) is 0 Å². The van der Waals surface area contributed by atoms with Crippen molar-refractivity contribution in [2.75, 3.05) is 7.11 Å². The van der Waals surface area contributed by atoms with Gasteiger partial charge in [-0.2, -0.15) is 0 Å². The standard InChI is InChI=1S/C16H23NO2/c1-16(2)9-14(10-16)17-15(18)8-12-5-4-6-13(7-12)11-19-3/h4-7,14H,8-11H2,1-3H3,(H,17,18). The molecule has 1 amide bonds. The fraction of sp³-hybridized carbons (Fsp3) is 0.562. The maximum Gasteiger partial charge on any atom is 0.224 e. The SMILES string of the molecule is COCc1cccc(CC(=O)NC2CC(C)(C)C2)c1. The minimum Gasteiger partial charge on any atom is -0.380 e. The molecule has 104 valence electrons. The van der Waals surface area contributed by atoms with Crippen LogP contribution in [0, 0.1) is 5.41 Å². The van der Waals surface area contributed by atoms with Crippen LogP contribution < -0.4 is 5.32 Å². The Labute approximate surface area is 115 Å². The lowest BCUT2D eigenvalue weighted by molar-refractivity contribution is -0.122. The predicted molar refractivity (Wildman–Crippen MR) is 75.8 cm³/mol. The van der Waals surface area contributed by atoms with E-state index in [1.54, 1.807) is 7.11 Å². The van der Waals surface area contributed by atoms with Gasteiger partial charge in [0, 0.05) is 13.2 Å². The molecule has 0 spiro atoms. The van der Waals surface area contributed by atoms with Gasteiger partial charge in [0.25, 0.3) is 0 Å². The van der Waals surface area contributed by atoms with Crippen LogP contribution in [-0.2, 0) is 22.6 Å². The van der Waals surface area contributed by atoms with Crippen molar-refractivity contribution in [3.8, 4) is 0 Å². The molecule has 1 aromatic carbocycles. The van der Waals surface area contributed by atoms with E-state index in [4.69, 9.17) is 4.74 Å². The summed E-state index contributed by atoms with van der Waals surface area (Å²) in [6.07, 6.45) is 2.62. The Hall–Kier alpha value is -1.35. The molecule has 1 N–H and O–H groups in total. The van der Waals surface area contributed by atoms with Crippen LogP contribution >= 0.6 is 0 Å². The molecular weight excluding hydrogens is 238 g/mol. The van der Waals surface area contributed by atoms with Gasteiger partial charge in [0.2, 0.25) is 5.91 Å². The first-order valence-corrected chi connectivity index (χ1v) is 6.85. The van der Waals surface area contributed by atoms with Crippen LogP contribution in [0.15, 0.2) is 24.3 Å². The van der Waals surface area contributed by atoms with Crippen LogP contribution in [0.5, 0.6) is 0 Å². The Morgan fingerprint density at radius 2 is 2.05 bits per heavy atom. The van der Waals surface area contributed by atoms with Gasteiger partial charge in [-0.3, -0.25) is 4.79 Å². The highest BCUT2D eigenvalue weighted by Gasteiger charge is 2.36. The molecule has 1 fully saturated rings. The molecule has 0 radical (unpaired) electrons. The lowest BCUT2D eigenvalue weighted by atomic mass is 9.68. The van der Waals surface area contributed by atoms with Gasteiger partial charge in [-0.25, -0.2) is 0 Å². The van der Waals surface area contributed by atoms with E-state index in [0.29, 0.717) is 24.5 Å². The fourth-order valence-corrected chi connectivity index (χ4v) is 2.84. The van der Waals surface area contributed by atoms with Crippen molar-refractivity contribution >= 4 is 5.91 Å². The van der Waals surface area contributed by atoms with E-state index < -0.39 is 0 Å². The predicted octanol–water partition coefficient (Wildman–Crippen LogP) is 2.68. The van der Waals surface area contributed by atoms with Crippen LogP contribution in [0.3, 0.4) is 0 Å². The first-order valence-electron chi connectivity index (χ1n) is 6.85. The molecule has 0 unspecified atom stereocenters. The summed E-state index contributed by atoms with van der Waals surface area (Å²) < 4.78 is 5.10. The van der Waals surface area contributed by atoms with Crippen molar-refractivity contribution in [2.45, 2.75) is 45.8 Å². The molecule has 0 atom stereocenters. The highest BCUT2D eigenvalue weighted by molar-refractivity contribution is 5.79. The van der Waals surface area contributed by atoms with Crippen molar-refractivity contribution < 1.29 is 9.53 Å². The first kappa shape index (κ1) is 14.1. The molecule has 1 aromatic rings. The third-order valence-electron chi connectivity index (χ3n) is 3.63. The van der Waals surface area contributed by atoms with E-state index in [0.717, 1.165) is 24.0 Å². The average molecular weight is 261 g/mol. The van der Waals surface area contributed by atoms with Crippen LogP contribution in [-0.4, -0.2) is 19.1 Å². The molecule has 0 saturated heterocycles. The number of rotatable bonds is 5. The molecule has 3 heteroatoms. The number of carbonyl (C=O) groups is 1. The molecule has 2 rings (SSSR count). The molecule has 1 saturated carbocycles. The lowest BCUT2D eigenvalue weighted by Gasteiger charge is -2.42. The van der Waals surface area contributed by atoms with Gasteiger partial charge >= 0.3 is 0 Å². The normalized spacial score (nSPS) is 17.8. The summed E-state index contributed by atoms with van der Waals surface area (Å²) in [6.45, 7) is 5.07. The minimum atomic E-state index is 0.120. The number of benzene rings is 1. The smallest absolute Gasteiger partial charge is 0.224 e. The molecule has 1 aliphatic rings. The highest BCUT2D eigenvalue weighted by Crippen LogP contribution is 2.39. The number of carbonyl (C=O) groups excluding carboxylic acids is 1. The summed E-state index contributed by atoms with van der Waals surface area (Å²) in [6, 6.07) is 8.38. The van der Waals surface area contributed by atoms with E-state index in [9.17, 15) is 4.79 Å². The monoisotopic (exact) mass is 261 g/mol. The zero-order chi connectivity index (χ0) is 13.9. The molecule has 3 nitrogen and oxygen atoms in total. The second-order valence-corrected chi connectivity index (χ2v) is 6.27. The third kappa shape index (κ3) is 4.06. The quantitative estimate of drug-likeness (QED) is 0.885. The van der Waals surface area contributed by atoms with Gasteiger partial charge in [-0.1, -0.05) is 38.1 Å². The van der Waals surface area contributed by atoms with E-state index in [2.05, 4.69) is 19.2 Å². The lowest BCUT2D eigenvalue weighted by Crippen LogP contribution is -2.48. The average Bonchev–Trinajstić information content (AvgIpc) is 2.27. The number of nitrogens with one attached hydrogen (secondary N) is 1. The van der Waals surface area contributed by atoms with E-state index in [1.807, 2.05) is 24.3 Å². The summed E-state index contributed by atoms with van der Waals surface area (Å²) in [5.41, 5.74) is 2.55. The highest BCUT2D eigenvalue weighted by atomic mass is 16.5. The molecule has 0 bridgehead atoms. The molecule has 19 heavy (non-hydrogen) atoms. The molecular formula is C16H23NO2. The van der Waals surface area contributed by atoms with E-state index in [1.165, 1.54) is 0 Å². The Morgan fingerprint density at radius 3 is 2.68 bits per heavy atom. The third-order valence-corrected chi connectivity index (χ3v) is 3.63. The zero-order valence-electron chi connectivity index (χ0n) is 12.0. The number of ether oxygens (including phenoxy) is 1. The number of hydrogen-bond donors (Lipinski definition) is 1. The van der Waals surface area contributed by atoms with Crippen molar-refractivity contribution in [1.82, 2.24) is 5.32 Å². The number of amides is 1. The van der Waals surface area contributed by atoms with Gasteiger partial charge in [0.05, 0.1) is 13.0 Å². The maximum atomic E-state index is 12.0. The maximum absolute atomic E-state index is 12.0. The van der Waals surface area contributed by atoms with Gasteiger partial charge in [-0.05, 0) is 29.4 Å². The Morgan fingerprint density at radius 1 is 1.37 bits per heavy atom. The molecule has 1 aliphatic carbocycles. The Balaban J connectivity index is 1.83. The summed E-state index contributed by atoms with van der Waals surface area (Å²) in [4.78, 5) is 12.0. The van der Waals surface area contributed by atoms with E-state index >= 15 is 0 Å². The fourth-order valence-electron chi connectivity index (χ4n) is 2.84. The van der Waals surface area contributed by atoms with Crippen LogP contribution in [0.1, 0.15) is 37.8 Å². The zero-order valence-corrected chi connectivity index (χ0v) is 12.0. The van der Waals surface area contributed by atoms with Crippen LogP contribution in [0.2, 0.25) is 0 Å². The second-order valence-electron chi connectivity index (χ2n) is 6.27. The van der Waals surface area contributed by atoms with Crippen LogP contribution in [0.4, 0.5) is 0 Å². The van der Waals surface area contributed by atoms with Gasteiger partial charge < -0.3 is 10.1 Å². The summed E-state index contributed by atoms with van der Waals surface area (Å²) in [5, 5.41) is 3.10. The van der Waals surface area contributed by atoms with Gasteiger partial charge in [0.15, 0.2) is 0 Å². The molecule has 0 aromatic heterocycles. The van der Waals surface area contributed by atoms with Gasteiger partial charge in [0.1, 0.15) is 0 Å². The largest absolute Gasteiger partial charge is 0.380 e. The number of methoxy groups -OCH3 is 1.